The third-order valence-electron chi connectivity index (χ3n) is 7.74. The Morgan fingerprint density at radius 1 is 1.00 bits per heavy atom. The lowest BCUT2D eigenvalue weighted by Gasteiger charge is -2.40. The quantitative estimate of drug-likeness (QED) is 0.506. The Balaban J connectivity index is 1.62. The minimum Gasteiger partial charge on any atom is -0.502 e. The molecule has 2 aliphatic heterocycles. The molecule has 2 heterocycles. The van der Waals surface area contributed by atoms with E-state index in [-0.39, 0.29) is 47.9 Å². The maximum atomic E-state index is 13.2. The summed E-state index contributed by atoms with van der Waals surface area (Å²) < 4.78 is 28.0. The number of hydrogen-bond acceptors (Lipinski definition) is 9. The number of fused-ring (bicyclic) bond motifs is 3. The first kappa shape index (κ1) is 24.5. The van der Waals surface area contributed by atoms with E-state index in [1.54, 1.807) is 12.1 Å². The lowest BCUT2D eigenvalue weighted by atomic mass is 9.65. The van der Waals surface area contributed by atoms with Gasteiger partial charge in [0.2, 0.25) is 12.5 Å². The Labute approximate surface area is 211 Å². The van der Waals surface area contributed by atoms with Crippen LogP contribution in [0.5, 0.6) is 28.7 Å². The number of nitrogens with one attached hydrogen (secondary N) is 1. The van der Waals surface area contributed by atoms with Crippen LogP contribution in [0.4, 0.5) is 0 Å². The Kier molecular flexibility index (Phi) is 6.85. The smallest absolute Gasteiger partial charge is 0.310 e. The van der Waals surface area contributed by atoms with Crippen LogP contribution in [-0.2, 0) is 9.53 Å². The average Bonchev–Trinajstić information content (AvgIpc) is 3.51. The molecule has 194 valence electrons. The van der Waals surface area contributed by atoms with Crippen LogP contribution in [0.2, 0.25) is 0 Å². The maximum Gasteiger partial charge on any atom is 0.310 e. The average molecular weight is 499 g/mol. The summed E-state index contributed by atoms with van der Waals surface area (Å²) in [4.78, 5) is 15.6. The first-order valence-electron chi connectivity index (χ1n) is 12.5. The Morgan fingerprint density at radius 2 is 1.64 bits per heavy atom. The Morgan fingerprint density at radius 3 is 2.25 bits per heavy atom. The van der Waals surface area contributed by atoms with E-state index >= 15 is 0 Å². The SMILES string of the molecule is CCN(CC)CCNC1c2cc3c(cc2C(c2cc(OC)c(O)c(OC)c2)C2C(=O)OCC12)OCO3. The van der Waals surface area contributed by atoms with Gasteiger partial charge in [0.05, 0.1) is 26.7 Å². The number of benzene rings is 2. The second kappa shape index (κ2) is 10.1. The summed E-state index contributed by atoms with van der Waals surface area (Å²) in [5, 5.41) is 14.2. The van der Waals surface area contributed by atoms with Gasteiger partial charge in [-0.05, 0) is 54.0 Å². The number of carbonyl (C=O) groups is 1. The molecule has 2 aromatic rings. The number of phenolic OH excluding ortho intramolecular Hbond substituents is 1. The highest BCUT2D eigenvalue weighted by molar-refractivity contribution is 5.79. The third kappa shape index (κ3) is 4.10. The van der Waals surface area contributed by atoms with Gasteiger partial charge in [0, 0.05) is 31.0 Å². The predicted molar refractivity (Wildman–Crippen MR) is 132 cm³/mol. The summed E-state index contributed by atoms with van der Waals surface area (Å²) in [5.41, 5.74) is 2.83. The van der Waals surface area contributed by atoms with Crippen LogP contribution in [0.3, 0.4) is 0 Å². The van der Waals surface area contributed by atoms with E-state index in [4.69, 9.17) is 23.7 Å². The summed E-state index contributed by atoms with van der Waals surface area (Å²) in [6, 6.07) is 7.47. The van der Waals surface area contributed by atoms with Crippen molar-refractivity contribution in [3.05, 3.63) is 41.0 Å². The van der Waals surface area contributed by atoms with Gasteiger partial charge in [0.1, 0.15) is 0 Å². The summed E-state index contributed by atoms with van der Waals surface area (Å²) >= 11 is 0. The molecule has 0 aromatic heterocycles. The number of methoxy groups -OCH3 is 2. The molecule has 4 unspecified atom stereocenters. The molecule has 4 atom stereocenters. The molecule has 1 aliphatic carbocycles. The molecule has 0 saturated carbocycles. The normalized spacial score (nSPS) is 23.9. The van der Waals surface area contributed by atoms with Gasteiger partial charge < -0.3 is 39.0 Å². The number of likely N-dealkylation sites (N-methyl/N-ethyl adjacent to an activating group) is 1. The monoisotopic (exact) mass is 498 g/mol. The van der Waals surface area contributed by atoms with E-state index in [1.807, 2.05) is 12.1 Å². The highest BCUT2D eigenvalue weighted by atomic mass is 16.7. The van der Waals surface area contributed by atoms with Crippen LogP contribution in [0, 0.1) is 11.8 Å². The number of aromatic hydroxyl groups is 1. The van der Waals surface area contributed by atoms with Crippen molar-refractivity contribution in [2.45, 2.75) is 25.8 Å². The summed E-state index contributed by atoms with van der Waals surface area (Å²) in [5.74, 6) is 0.806. The third-order valence-corrected chi connectivity index (χ3v) is 7.74. The molecule has 0 amide bonds. The molecule has 0 radical (unpaired) electrons. The highest BCUT2D eigenvalue weighted by Crippen LogP contribution is 2.55. The van der Waals surface area contributed by atoms with Gasteiger partial charge in [-0.15, -0.1) is 0 Å². The van der Waals surface area contributed by atoms with Crippen molar-refractivity contribution in [3.63, 3.8) is 0 Å². The largest absolute Gasteiger partial charge is 0.502 e. The summed E-state index contributed by atoms with van der Waals surface area (Å²) in [7, 11) is 2.99. The maximum absolute atomic E-state index is 13.2. The van der Waals surface area contributed by atoms with Gasteiger partial charge in [-0.25, -0.2) is 0 Å². The van der Waals surface area contributed by atoms with E-state index < -0.39 is 5.92 Å². The second-order valence-electron chi connectivity index (χ2n) is 9.36. The molecule has 1 fully saturated rings. The lowest BCUT2D eigenvalue weighted by molar-refractivity contribution is -0.141. The fourth-order valence-corrected chi connectivity index (χ4v) is 5.84. The summed E-state index contributed by atoms with van der Waals surface area (Å²) in [6.45, 7) is 8.47. The number of nitrogens with zero attached hydrogens (tertiary/aromatic N) is 1. The van der Waals surface area contributed by atoms with Crippen molar-refractivity contribution in [2.75, 3.05) is 53.8 Å². The molecule has 0 bridgehead atoms. The molecular weight excluding hydrogens is 464 g/mol. The molecule has 36 heavy (non-hydrogen) atoms. The molecule has 2 N–H and O–H groups in total. The van der Waals surface area contributed by atoms with Crippen molar-refractivity contribution in [3.8, 4) is 28.7 Å². The van der Waals surface area contributed by atoms with Gasteiger partial charge in [0.25, 0.3) is 0 Å². The van der Waals surface area contributed by atoms with Crippen LogP contribution in [0.1, 0.15) is 42.5 Å². The van der Waals surface area contributed by atoms with E-state index in [1.165, 1.54) is 14.2 Å². The first-order chi connectivity index (χ1) is 17.5. The van der Waals surface area contributed by atoms with Crippen LogP contribution < -0.4 is 24.3 Å². The van der Waals surface area contributed by atoms with Crippen molar-refractivity contribution in [2.24, 2.45) is 11.8 Å². The molecule has 2 aromatic carbocycles. The standard InChI is InChI=1S/C27H34N2O7/c1-5-29(6-2)8-7-28-25-17-12-20-19(35-14-36-20)11-16(17)23(24-18(25)13-34-27(24)31)15-9-21(32-3)26(30)22(10-15)33-4/h9-12,18,23-25,28,30H,5-8,13-14H2,1-4H3. The van der Waals surface area contributed by atoms with Crippen molar-refractivity contribution in [1.29, 1.82) is 0 Å². The lowest BCUT2D eigenvalue weighted by Crippen LogP contribution is -2.43. The number of esters is 1. The topological polar surface area (TPSA) is 98.7 Å². The highest BCUT2D eigenvalue weighted by Gasteiger charge is 2.52. The molecule has 3 aliphatic rings. The molecule has 9 nitrogen and oxygen atoms in total. The minimum atomic E-state index is -0.414. The van der Waals surface area contributed by atoms with Gasteiger partial charge in [0.15, 0.2) is 23.0 Å². The number of carbonyl (C=O) groups excluding carboxylic acids is 1. The van der Waals surface area contributed by atoms with Crippen LogP contribution in [0.15, 0.2) is 24.3 Å². The van der Waals surface area contributed by atoms with E-state index in [2.05, 4.69) is 24.1 Å². The van der Waals surface area contributed by atoms with Gasteiger partial charge in [-0.2, -0.15) is 0 Å². The van der Waals surface area contributed by atoms with Crippen molar-refractivity contribution < 1.29 is 33.6 Å². The fraction of sp³-hybridized carbons (Fsp3) is 0.519. The Hall–Kier alpha value is -3.17. The zero-order chi connectivity index (χ0) is 25.4. The number of phenols is 1. The van der Waals surface area contributed by atoms with Crippen LogP contribution in [-0.4, -0.2) is 69.8 Å². The van der Waals surface area contributed by atoms with Gasteiger partial charge in [-0.1, -0.05) is 13.8 Å². The summed E-state index contributed by atoms with van der Waals surface area (Å²) in [6.07, 6.45) is 0. The predicted octanol–water partition coefficient (Wildman–Crippen LogP) is 3.05. The van der Waals surface area contributed by atoms with E-state index in [0.29, 0.717) is 18.1 Å². The zero-order valence-corrected chi connectivity index (χ0v) is 21.2. The molecule has 1 saturated heterocycles. The van der Waals surface area contributed by atoms with E-state index in [0.717, 1.165) is 42.9 Å². The van der Waals surface area contributed by atoms with Crippen molar-refractivity contribution >= 4 is 5.97 Å². The zero-order valence-electron chi connectivity index (χ0n) is 21.2. The number of cyclic esters (lactones) is 1. The van der Waals surface area contributed by atoms with Crippen LogP contribution >= 0.6 is 0 Å². The fourth-order valence-electron chi connectivity index (χ4n) is 5.84. The number of hydrogen-bond donors (Lipinski definition) is 2. The van der Waals surface area contributed by atoms with Crippen molar-refractivity contribution in [1.82, 2.24) is 10.2 Å². The van der Waals surface area contributed by atoms with Gasteiger partial charge >= 0.3 is 5.97 Å². The molecule has 0 spiro atoms. The molecular formula is C27H34N2O7. The first-order valence-corrected chi connectivity index (χ1v) is 12.5. The molecule has 9 heteroatoms. The van der Waals surface area contributed by atoms with Crippen LogP contribution in [0.25, 0.3) is 0 Å². The number of ether oxygens (including phenoxy) is 5. The Bertz CT molecular complexity index is 1110. The minimum absolute atomic E-state index is 0.0714. The van der Waals surface area contributed by atoms with E-state index in [9.17, 15) is 9.90 Å². The second-order valence-corrected chi connectivity index (χ2v) is 9.36. The van der Waals surface area contributed by atoms with Gasteiger partial charge in [-0.3, -0.25) is 4.79 Å². The number of rotatable bonds is 9. The molecule has 5 rings (SSSR count).